The number of halogens is 4. The predicted molar refractivity (Wildman–Crippen MR) is 98.9 cm³/mol. The highest BCUT2D eigenvalue weighted by molar-refractivity contribution is 14.2. The van der Waals surface area contributed by atoms with Crippen molar-refractivity contribution >= 4 is 42.5 Å². The molecule has 2 rings (SSSR count). The fourth-order valence-corrected chi connectivity index (χ4v) is 3.86. The van der Waals surface area contributed by atoms with Crippen molar-refractivity contribution in [2.75, 3.05) is 6.54 Å². The van der Waals surface area contributed by atoms with E-state index in [1.165, 1.54) is 0 Å². The maximum Gasteiger partial charge on any atom is 0.433 e. The van der Waals surface area contributed by atoms with E-state index < -0.39 is 32.6 Å². The zero-order valence-corrected chi connectivity index (χ0v) is 16.0. The Morgan fingerprint density at radius 1 is 1.46 bits per heavy atom. The Bertz CT molecular complexity index is 724. The second-order valence-corrected chi connectivity index (χ2v) is 7.84. The molecule has 0 aliphatic heterocycles. The van der Waals surface area contributed by atoms with Crippen molar-refractivity contribution in [2.24, 2.45) is 0 Å². The Balaban J connectivity index is 2.23. The molecule has 0 unspecified atom stereocenters. The molecular weight excluding hydrogens is 454 g/mol. The van der Waals surface area contributed by atoms with Crippen molar-refractivity contribution in [1.82, 2.24) is 15.1 Å². The Morgan fingerprint density at radius 3 is 2.83 bits per heavy atom. The van der Waals surface area contributed by atoms with Crippen LogP contribution in [-0.2, 0) is 10.7 Å². The summed E-state index contributed by atoms with van der Waals surface area (Å²) in [6.07, 6.45) is -2.60. The van der Waals surface area contributed by atoms with E-state index in [0.29, 0.717) is 16.3 Å². The van der Waals surface area contributed by atoms with Crippen LogP contribution in [0.2, 0.25) is 0 Å². The van der Waals surface area contributed by atoms with Gasteiger partial charge in [-0.05, 0) is 24.6 Å². The summed E-state index contributed by atoms with van der Waals surface area (Å²) in [7, 11) is 0. The molecule has 0 fully saturated rings. The third-order valence-electron chi connectivity index (χ3n) is 3.17. The summed E-state index contributed by atoms with van der Waals surface area (Å²) in [5.41, 5.74) is -0.541. The van der Waals surface area contributed by atoms with E-state index in [0.717, 1.165) is 34.9 Å². The van der Waals surface area contributed by atoms with Gasteiger partial charge in [0.05, 0.1) is 14.3 Å². The first-order chi connectivity index (χ1) is 11.4. The van der Waals surface area contributed by atoms with Crippen molar-refractivity contribution in [3.05, 3.63) is 28.8 Å². The Kier molecular flexibility index (Phi) is 6.55. The smallest absolute Gasteiger partial charge is 0.351 e. The molecule has 2 aromatic heterocycles. The minimum Gasteiger partial charge on any atom is -0.351 e. The van der Waals surface area contributed by atoms with E-state index in [2.05, 4.69) is 14.9 Å². The summed E-state index contributed by atoms with van der Waals surface area (Å²) >= 11 is 0.523. The van der Waals surface area contributed by atoms with Crippen LogP contribution in [0, 0.1) is 0 Å². The van der Waals surface area contributed by atoms with Crippen LogP contribution in [0.5, 0.6) is 0 Å². The van der Waals surface area contributed by atoms with Crippen LogP contribution in [0.15, 0.2) is 18.2 Å². The summed E-state index contributed by atoms with van der Waals surface area (Å²) in [6, 6.07) is 4.28. The van der Waals surface area contributed by atoms with Gasteiger partial charge in [0.2, 0.25) is 0 Å². The summed E-state index contributed by atoms with van der Waals surface area (Å²) in [6.45, 7) is 2.61. The van der Waals surface area contributed by atoms with E-state index >= 15 is 0 Å². The van der Waals surface area contributed by atoms with E-state index in [1.807, 2.05) is 6.92 Å². The molecule has 1 amide bonds. The van der Waals surface area contributed by atoms with Crippen molar-refractivity contribution < 1.29 is 18.0 Å². The van der Waals surface area contributed by atoms with E-state index in [1.54, 1.807) is 12.1 Å². The standard InChI is InChI=1S/C15H17F3IN3OS/c1-3-4-7-20-14(23)12-6-5-11(24-12)10-8-13(15(16,17)18)22(21-10)9-19-2/h5-6,8H,2-4,7,9H2,1H3,(H,20,23). The highest BCUT2D eigenvalue weighted by Crippen LogP contribution is 2.35. The van der Waals surface area contributed by atoms with Crippen LogP contribution in [0.25, 0.3) is 10.6 Å². The fraction of sp³-hybridized carbons (Fsp3) is 0.400. The number of nitrogens with zero attached hydrogens (tertiary/aromatic N) is 2. The molecule has 0 aromatic carbocycles. The topological polar surface area (TPSA) is 46.9 Å². The van der Waals surface area contributed by atoms with Crippen molar-refractivity contribution in [3.8, 4) is 10.6 Å². The maximum atomic E-state index is 13.1. The van der Waals surface area contributed by atoms with Gasteiger partial charge in [0, 0.05) is 6.54 Å². The van der Waals surface area contributed by atoms with Gasteiger partial charge in [-0.25, -0.2) is 0 Å². The quantitative estimate of drug-likeness (QED) is 0.367. The first-order valence-electron chi connectivity index (χ1n) is 7.23. The van der Waals surface area contributed by atoms with Gasteiger partial charge in [0.15, 0.2) is 0 Å². The maximum absolute atomic E-state index is 13.1. The molecule has 2 aromatic rings. The summed E-state index contributed by atoms with van der Waals surface area (Å²) < 4.78 is 44.1. The lowest BCUT2D eigenvalue weighted by atomic mass is 10.3. The van der Waals surface area contributed by atoms with Gasteiger partial charge in [0.25, 0.3) is 5.91 Å². The first kappa shape index (κ1) is 19.1. The van der Waals surface area contributed by atoms with Crippen LogP contribution >= 0.6 is 32.1 Å². The van der Waals surface area contributed by atoms with Crippen LogP contribution in [0.1, 0.15) is 35.1 Å². The molecule has 0 spiro atoms. The monoisotopic (exact) mass is 471 g/mol. The Hall–Kier alpha value is -1.23. The first-order valence-corrected chi connectivity index (χ1v) is 11.1. The Morgan fingerprint density at radius 2 is 2.21 bits per heavy atom. The Labute approximate surface area is 151 Å². The highest BCUT2D eigenvalue weighted by atomic mass is 127. The second kappa shape index (κ2) is 8.24. The molecule has 0 radical (unpaired) electrons. The number of alkyl halides is 4. The summed E-state index contributed by atoms with van der Waals surface area (Å²) in [5.74, 6) is -0.209. The number of hydrogen-bond acceptors (Lipinski definition) is 3. The molecular formula is C15H17F3IN3OS. The van der Waals surface area contributed by atoms with E-state index in [9.17, 15) is 18.0 Å². The number of carbonyl (C=O) groups excluding carboxylic acids is 1. The number of unbranched alkanes of at least 4 members (excludes halogenated alkanes) is 1. The largest absolute Gasteiger partial charge is 0.433 e. The van der Waals surface area contributed by atoms with Gasteiger partial charge in [-0.15, -0.1) is 32.1 Å². The average molecular weight is 471 g/mol. The predicted octanol–water partition coefficient (Wildman–Crippen LogP) is 4.52. The zero-order chi connectivity index (χ0) is 17.7. The van der Waals surface area contributed by atoms with Gasteiger partial charge in [-0.3, -0.25) is 9.48 Å². The normalized spacial score (nSPS) is 11.7. The van der Waals surface area contributed by atoms with Crippen LogP contribution in [-0.4, -0.2) is 26.7 Å². The molecule has 0 aliphatic carbocycles. The van der Waals surface area contributed by atoms with Crippen molar-refractivity contribution in [3.63, 3.8) is 0 Å². The molecule has 4 nitrogen and oxygen atoms in total. The molecule has 2 heterocycles. The third-order valence-corrected chi connectivity index (χ3v) is 5.40. The third kappa shape index (κ3) is 4.65. The number of rotatable bonds is 7. The molecule has 0 saturated carbocycles. The van der Waals surface area contributed by atoms with Gasteiger partial charge in [-0.1, -0.05) is 17.9 Å². The molecule has 0 aliphatic rings. The van der Waals surface area contributed by atoms with Crippen LogP contribution < -0.4 is 5.32 Å². The molecule has 0 bridgehead atoms. The van der Waals surface area contributed by atoms with Crippen LogP contribution in [0.4, 0.5) is 13.2 Å². The lowest BCUT2D eigenvalue weighted by Gasteiger charge is -2.07. The van der Waals surface area contributed by atoms with E-state index in [4.69, 9.17) is 0 Å². The van der Waals surface area contributed by atoms with Gasteiger partial charge >= 0.3 is 6.18 Å². The fourth-order valence-electron chi connectivity index (χ4n) is 2.00. The number of aromatic nitrogens is 2. The van der Waals surface area contributed by atoms with Crippen molar-refractivity contribution in [1.29, 1.82) is 0 Å². The van der Waals surface area contributed by atoms with Gasteiger partial charge in [-0.2, -0.15) is 18.3 Å². The highest BCUT2D eigenvalue weighted by Gasteiger charge is 2.36. The number of nitrogens with one attached hydrogen (secondary N) is 1. The lowest BCUT2D eigenvalue weighted by Crippen LogP contribution is -2.23. The van der Waals surface area contributed by atoms with E-state index in [-0.39, 0.29) is 16.2 Å². The zero-order valence-electron chi connectivity index (χ0n) is 13.0. The number of carbonyl (C=O) groups is 1. The minimum absolute atomic E-state index is 0.198. The molecule has 132 valence electrons. The SMILES string of the molecule is C=ICn1nc(-c2ccc(C(=O)NCCCC)s2)cc1C(F)(F)F. The lowest BCUT2D eigenvalue weighted by molar-refractivity contribution is -0.143. The molecule has 0 saturated heterocycles. The molecule has 9 heteroatoms. The average Bonchev–Trinajstić information content (AvgIpc) is 3.13. The minimum atomic E-state index is -4.46. The molecule has 1 N–H and O–H groups in total. The van der Waals surface area contributed by atoms with Crippen LogP contribution in [0.3, 0.4) is 0 Å². The molecule has 24 heavy (non-hydrogen) atoms. The number of thiophene rings is 1. The second-order valence-electron chi connectivity index (χ2n) is 4.99. The molecule has 0 atom stereocenters. The van der Waals surface area contributed by atoms with Crippen molar-refractivity contribution in [2.45, 2.75) is 30.5 Å². The number of amides is 1. The summed E-state index contributed by atoms with van der Waals surface area (Å²) in [5, 5.41) is 6.84. The number of hydrogen-bond donors (Lipinski definition) is 1. The van der Waals surface area contributed by atoms with Gasteiger partial charge < -0.3 is 5.32 Å². The summed E-state index contributed by atoms with van der Waals surface area (Å²) in [4.78, 5) is 13.0. The van der Waals surface area contributed by atoms with Gasteiger partial charge in [0.1, 0.15) is 11.4 Å².